The second kappa shape index (κ2) is 7.32. The molecule has 3 aromatic rings. The van der Waals surface area contributed by atoms with Crippen molar-refractivity contribution in [3.63, 3.8) is 0 Å². The monoisotopic (exact) mass is 356 g/mol. The Morgan fingerprint density at radius 3 is 2.92 bits per heavy atom. The number of halogens is 1. The van der Waals surface area contributed by atoms with E-state index in [4.69, 9.17) is 15.3 Å². The Morgan fingerprint density at radius 2 is 2.23 bits per heavy atom. The molecule has 0 radical (unpaired) electrons. The third-order valence-electron chi connectivity index (χ3n) is 3.88. The number of hydrogen-bond acceptors (Lipinski definition) is 5. The second-order valence-corrected chi connectivity index (χ2v) is 5.52. The molecular formula is C18H17FN4O3. The Morgan fingerprint density at radius 1 is 1.42 bits per heavy atom. The SMILES string of the molecule is Cn1c(C(=O)NCCO)c(C=N)c2ccc(Oc3cccc(F)n3)cc21. The number of carbonyl (C=O) groups is 1. The highest BCUT2D eigenvalue weighted by Crippen LogP contribution is 2.29. The molecule has 26 heavy (non-hydrogen) atoms. The second-order valence-electron chi connectivity index (χ2n) is 5.52. The normalized spacial score (nSPS) is 10.7. The first-order chi connectivity index (χ1) is 12.5. The minimum absolute atomic E-state index is 0.117. The highest BCUT2D eigenvalue weighted by Gasteiger charge is 2.20. The maximum atomic E-state index is 13.2. The van der Waals surface area contributed by atoms with Gasteiger partial charge in [-0.1, -0.05) is 6.07 Å². The van der Waals surface area contributed by atoms with E-state index in [9.17, 15) is 9.18 Å². The molecule has 2 heterocycles. The number of aliphatic hydroxyl groups is 1. The van der Waals surface area contributed by atoms with Crippen LogP contribution in [-0.2, 0) is 7.05 Å². The third kappa shape index (κ3) is 3.27. The fourth-order valence-electron chi connectivity index (χ4n) is 2.75. The van der Waals surface area contributed by atoms with Crippen LogP contribution in [0.1, 0.15) is 16.1 Å². The molecule has 0 unspecified atom stereocenters. The molecule has 1 aromatic carbocycles. The van der Waals surface area contributed by atoms with Gasteiger partial charge in [0.15, 0.2) is 0 Å². The number of nitrogens with zero attached hydrogens (tertiary/aromatic N) is 2. The van der Waals surface area contributed by atoms with Gasteiger partial charge in [-0.25, -0.2) is 0 Å². The Balaban J connectivity index is 2.02. The van der Waals surface area contributed by atoms with Crippen molar-refractivity contribution < 1.29 is 19.0 Å². The van der Waals surface area contributed by atoms with Gasteiger partial charge < -0.3 is 25.1 Å². The van der Waals surface area contributed by atoms with Crippen LogP contribution < -0.4 is 10.1 Å². The van der Waals surface area contributed by atoms with Gasteiger partial charge >= 0.3 is 0 Å². The summed E-state index contributed by atoms with van der Waals surface area (Å²) in [5.74, 6) is -0.483. The summed E-state index contributed by atoms with van der Waals surface area (Å²) in [6.45, 7) is -0.0500. The first kappa shape index (κ1) is 17.6. The molecule has 8 heteroatoms. The molecule has 3 rings (SSSR count). The topological polar surface area (TPSA) is 100 Å². The van der Waals surface area contributed by atoms with Gasteiger partial charge in [0.25, 0.3) is 5.91 Å². The molecule has 0 bridgehead atoms. The molecule has 0 fully saturated rings. The molecule has 0 aliphatic heterocycles. The van der Waals surface area contributed by atoms with Gasteiger partial charge in [-0.15, -0.1) is 0 Å². The van der Waals surface area contributed by atoms with E-state index in [2.05, 4.69) is 10.3 Å². The minimum atomic E-state index is -0.642. The Hall–Kier alpha value is -3.26. The Bertz CT molecular complexity index is 984. The van der Waals surface area contributed by atoms with Gasteiger partial charge in [-0.2, -0.15) is 9.37 Å². The van der Waals surface area contributed by atoms with Crippen molar-refractivity contribution in [2.24, 2.45) is 7.05 Å². The molecule has 0 aliphatic carbocycles. The number of carbonyl (C=O) groups excluding carboxylic acids is 1. The Labute approximate surface area is 148 Å². The predicted molar refractivity (Wildman–Crippen MR) is 94.5 cm³/mol. The maximum absolute atomic E-state index is 13.2. The van der Waals surface area contributed by atoms with Gasteiger partial charge in [0.05, 0.1) is 12.1 Å². The molecule has 134 valence electrons. The van der Waals surface area contributed by atoms with Crippen LogP contribution in [0.25, 0.3) is 10.9 Å². The first-order valence-electron chi connectivity index (χ1n) is 7.87. The van der Waals surface area contributed by atoms with E-state index < -0.39 is 5.95 Å². The summed E-state index contributed by atoms with van der Waals surface area (Å²) in [5, 5.41) is 19.8. The van der Waals surface area contributed by atoms with Crippen LogP contribution in [0.3, 0.4) is 0 Å². The number of amides is 1. The van der Waals surface area contributed by atoms with Crippen molar-refractivity contribution >= 4 is 23.0 Å². The molecule has 2 aromatic heterocycles. The summed E-state index contributed by atoms with van der Waals surface area (Å²) >= 11 is 0. The lowest BCUT2D eigenvalue weighted by Gasteiger charge is -2.07. The molecule has 7 nitrogen and oxygen atoms in total. The standard InChI is InChI=1S/C18H17FN4O3/c1-23-14-9-11(26-16-4-2-3-15(19)22-16)5-6-12(14)13(10-20)17(23)18(25)21-7-8-24/h2-6,9-10,20,24H,7-8H2,1H3,(H,21,25). The summed E-state index contributed by atoms with van der Waals surface area (Å²) in [4.78, 5) is 16.0. The third-order valence-corrected chi connectivity index (χ3v) is 3.88. The average Bonchev–Trinajstić information content (AvgIpc) is 2.91. The molecule has 0 saturated carbocycles. The van der Waals surface area contributed by atoms with Gasteiger partial charge in [0, 0.05) is 42.9 Å². The zero-order valence-corrected chi connectivity index (χ0v) is 14.0. The molecule has 0 atom stereocenters. The number of hydrogen-bond donors (Lipinski definition) is 3. The molecule has 1 amide bonds. The highest BCUT2D eigenvalue weighted by molar-refractivity contribution is 6.10. The highest BCUT2D eigenvalue weighted by atomic mass is 19.1. The molecule has 0 spiro atoms. The van der Waals surface area contributed by atoms with Crippen LogP contribution in [0.4, 0.5) is 4.39 Å². The van der Waals surface area contributed by atoms with Gasteiger partial charge in [0.2, 0.25) is 11.8 Å². The molecule has 0 aliphatic rings. The van der Waals surface area contributed by atoms with Crippen molar-refractivity contribution in [1.29, 1.82) is 5.41 Å². The summed E-state index contributed by atoms with van der Waals surface area (Å²) in [6, 6.07) is 9.34. The van der Waals surface area contributed by atoms with Gasteiger partial charge in [0.1, 0.15) is 11.4 Å². The van der Waals surface area contributed by atoms with E-state index in [0.717, 1.165) is 6.21 Å². The average molecular weight is 356 g/mol. The number of aliphatic hydroxyl groups excluding tert-OH is 1. The smallest absolute Gasteiger partial charge is 0.268 e. The summed E-state index contributed by atoms with van der Waals surface area (Å²) < 4.78 is 20.4. The number of aryl methyl sites for hydroxylation is 1. The van der Waals surface area contributed by atoms with Crippen molar-refractivity contribution in [3.8, 4) is 11.6 Å². The molecule has 3 N–H and O–H groups in total. The van der Waals surface area contributed by atoms with Crippen LogP contribution in [0.5, 0.6) is 11.6 Å². The number of nitrogens with one attached hydrogen (secondary N) is 2. The van der Waals surface area contributed by atoms with Crippen LogP contribution in [0.2, 0.25) is 0 Å². The van der Waals surface area contributed by atoms with E-state index >= 15 is 0 Å². The number of benzene rings is 1. The van der Waals surface area contributed by atoms with Crippen molar-refractivity contribution in [2.45, 2.75) is 0 Å². The fourth-order valence-corrected chi connectivity index (χ4v) is 2.75. The lowest BCUT2D eigenvalue weighted by molar-refractivity contribution is 0.0937. The van der Waals surface area contributed by atoms with Gasteiger partial charge in [-0.05, 0) is 18.2 Å². The van der Waals surface area contributed by atoms with Crippen LogP contribution in [0.15, 0.2) is 36.4 Å². The van der Waals surface area contributed by atoms with Crippen LogP contribution >= 0.6 is 0 Å². The van der Waals surface area contributed by atoms with E-state index in [0.29, 0.717) is 27.9 Å². The number of rotatable bonds is 6. The maximum Gasteiger partial charge on any atom is 0.268 e. The largest absolute Gasteiger partial charge is 0.439 e. The van der Waals surface area contributed by atoms with E-state index in [1.54, 1.807) is 29.8 Å². The zero-order chi connectivity index (χ0) is 18.7. The first-order valence-corrected chi connectivity index (χ1v) is 7.87. The molecular weight excluding hydrogens is 339 g/mol. The summed E-state index contributed by atoms with van der Waals surface area (Å²) in [7, 11) is 1.70. The zero-order valence-electron chi connectivity index (χ0n) is 14.0. The molecule has 0 saturated heterocycles. The minimum Gasteiger partial charge on any atom is -0.439 e. The van der Waals surface area contributed by atoms with Crippen molar-refractivity contribution in [3.05, 3.63) is 53.6 Å². The van der Waals surface area contributed by atoms with Gasteiger partial charge in [-0.3, -0.25) is 4.79 Å². The number of fused-ring (bicyclic) bond motifs is 1. The van der Waals surface area contributed by atoms with Crippen LogP contribution in [-0.4, -0.2) is 39.9 Å². The van der Waals surface area contributed by atoms with Crippen LogP contribution in [0, 0.1) is 11.4 Å². The van der Waals surface area contributed by atoms with Crippen molar-refractivity contribution in [2.75, 3.05) is 13.2 Å². The number of aromatic nitrogens is 2. The fraction of sp³-hybridized carbons (Fsp3) is 0.167. The van der Waals surface area contributed by atoms with Crippen molar-refractivity contribution in [1.82, 2.24) is 14.9 Å². The quantitative estimate of drug-likeness (QED) is 0.466. The lowest BCUT2D eigenvalue weighted by Crippen LogP contribution is -2.28. The lowest BCUT2D eigenvalue weighted by atomic mass is 10.1. The number of ether oxygens (including phenoxy) is 1. The predicted octanol–water partition coefficient (Wildman–Crippen LogP) is 2.22. The van der Waals surface area contributed by atoms with E-state index in [1.165, 1.54) is 18.2 Å². The summed E-state index contributed by atoms with van der Waals surface area (Å²) in [6.07, 6.45) is 1.12. The Kier molecular flexibility index (Phi) is 4.94. The summed E-state index contributed by atoms with van der Waals surface area (Å²) in [5.41, 5.74) is 1.45. The van der Waals surface area contributed by atoms with E-state index in [-0.39, 0.29) is 24.9 Å². The van der Waals surface area contributed by atoms with E-state index in [1.807, 2.05) is 0 Å². The number of pyridine rings is 1.